The number of carbonyl (C=O) groups is 3. The quantitative estimate of drug-likeness (QED) is 0.0197. The molecule has 0 saturated carbocycles. The summed E-state index contributed by atoms with van der Waals surface area (Å²) in [5.74, 6) is -2.34. The Morgan fingerprint density at radius 1 is 0.508 bits per heavy atom. The molecule has 9 heteroatoms. The molecule has 0 heterocycles. The van der Waals surface area contributed by atoms with Gasteiger partial charge in [-0.15, -0.1) is 0 Å². The Kier molecular flexibility index (Phi) is 40.2. The van der Waals surface area contributed by atoms with Crippen LogP contribution in [0.3, 0.4) is 0 Å². The molecule has 0 aliphatic rings. The van der Waals surface area contributed by atoms with Crippen LogP contribution >= 0.6 is 0 Å². The van der Waals surface area contributed by atoms with Crippen molar-refractivity contribution in [3.05, 3.63) is 97.2 Å². The predicted molar refractivity (Wildman–Crippen MR) is 250 cm³/mol. The van der Waals surface area contributed by atoms with Gasteiger partial charge in [-0.1, -0.05) is 162 Å². The molecule has 0 amide bonds. The van der Waals surface area contributed by atoms with Gasteiger partial charge < -0.3 is 33.3 Å². The lowest BCUT2D eigenvalue weighted by Crippen LogP contribution is -2.44. The van der Waals surface area contributed by atoms with E-state index in [1.54, 1.807) is 0 Å². The van der Waals surface area contributed by atoms with Crippen molar-refractivity contribution in [1.82, 2.24) is 0 Å². The van der Waals surface area contributed by atoms with Gasteiger partial charge in [0.1, 0.15) is 13.2 Å². The van der Waals surface area contributed by atoms with E-state index in [9.17, 15) is 19.5 Å². The minimum Gasteiger partial charge on any atom is -0.545 e. The van der Waals surface area contributed by atoms with Crippen LogP contribution < -0.4 is 5.11 Å². The lowest BCUT2D eigenvalue weighted by molar-refractivity contribution is -0.870. The van der Waals surface area contributed by atoms with E-state index in [0.717, 1.165) is 103 Å². The molecule has 0 radical (unpaired) electrons. The maximum Gasteiger partial charge on any atom is 0.306 e. The van der Waals surface area contributed by atoms with Gasteiger partial charge in [0, 0.05) is 12.8 Å². The molecule has 0 aliphatic carbocycles. The Bertz CT molecular complexity index is 1320. The fraction of sp³-hybridized carbons (Fsp3) is 0.635. The van der Waals surface area contributed by atoms with E-state index in [1.165, 1.54) is 19.3 Å². The molecule has 0 spiro atoms. The SMILES string of the molecule is CC/C=C\C/C=C\C/C=C\C/C=C\C/C=C\C/C=C\C/C=C\C/C=C\CCCCCCC(=O)OC(COC(=O)CCCCCCCCC)COC(OCC[N+](C)(C)C)C(=O)[O-]. The van der Waals surface area contributed by atoms with Crippen LogP contribution in [0.5, 0.6) is 0 Å². The van der Waals surface area contributed by atoms with E-state index < -0.39 is 24.3 Å². The average Bonchev–Trinajstić information content (AvgIpc) is 3.22. The number of carbonyl (C=O) groups excluding carboxylic acids is 3. The van der Waals surface area contributed by atoms with Crippen LogP contribution in [-0.2, 0) is 33.3 Å². The van der Waals surface area contributed by atoms with Crippen LogP contribution in [0.25, 0.3) is 0 Å². The Hall–Kier alpha value is -3.79. The zero-order valence-corrected chi connectivity index (χ0v) is 39.0. The molecule has 346 valence electrons. The van der Waals surface area contributed by atoms with Crippen LogP contribution in [0.4, 0.5) is 0 Å². The zero-order chi connectivity index (χ0) is 44.9. The topological polar surface area (TPSA) is 111 Å². The van der Waals surface area contributed by atoms with Crippen LogP contribution in [-0.4, -0.2) is 82.3 Å². The number of nitrogens with zero attached hydrogens (tertiary/aromatic N) is 1. The Balaban J connectivity index is 4.31. The first-order valence-electron chi connectivity index (χ1n) is 23.4. The molecule has 2 unspecified atom stereocenters. The van der Waals surface area contributed by atoms with Crippen LogP contribution in [0.15, 0.2) is 97.2 Å². The first kappa shape index (κ1) is 57.2. The van der Waals surface area contributed by atoms with Crippen molar-refractivity contribution < 1.29 is 42.9 Å². The third-order valence-corrected chi connectivity index (χ3v) is 9.35. The van der Waals surface area contributed by atoms with E-state index in [2.05, 4.69) is 111 Å². The van der Waals surface area contributed by atoms with E-state index >= 15 is 0 Å². The molecule has 0 bridgehead atoms. The highest BCUT2D eigenvalue weighted by molar-refractivity contribution is 5.70. The third-order valence-electron chi connectivity index (χ3n) is 9.35. The molecular weight excluding hydrogens is 767 g/mol. The second kappa shape index (κ2) is 42.9. The summed E-state index contributed by atoms with van der Waals surface area (Å²) in [6, 6.07) is 0. The van der Waals surface area contributed by atoms with Crippen LogP contribution in [0.2, 0.25) is 0 Å². The van der Waals surface area contributed by atoms with Crippen molar-refractivity contribution in [1.29, 1.82) is 0 Å². The van der Waals surface area contributed by atoms with Crippen molar-refractivity contribution >= 4 is 17.9 Å². The summed E-state index contributed by atoms with van der Waals surface area (Å²) in [6.45, 7) is 4.51. The first-order chi connectivity index (χ1) is 29.6. The van der Waals surface area contributed by atoms with Crippen molar-refractivity contribution in [3.63, 3.8) is 0 Å². The second-order valence-electron chi connectivity index (χ2n) is 16.3. The number of hydrogen-bond acceptors (Lipinski definition) is 8. The predicted octanol–water partition coefficient (Wildman–Crippen LogP) is 11.3. The second-order valence-corrected chi connectivity index (χ2v) is 16.3. The smallest absolute Gasteiger partial charge is 0.306 e. The summed E-state index contributed by atoms with van der Waals surface area (Å²) in [6.07, 6.45) is 53.3. The number of esters is 2. The number of rotatable bonds is 41. The Labute approximate surface area is 372 Å². The van der Waals surface area contributed by atoms with Gasteiger partial charge in [0.05, 0.1) is 40.3 Å². The molecular formula is C52H85NO8. The summed E-state index contributed by atoms with van der Waals surface area (Å²) in [4.78, 5) is 36.8. The highest BCUT2D eigenvalue weighted by Crippen LogP contribution is 2.12. The summed E-state index contributed by atoms with van der Waals surface area (Å²) in [5.41, 5.74) is 0. The van der Waals surface area contributed by atoms with Gasteiger partial charge in [-0.3, -0.25) is 9.59 Å². The molecule has 0 aromatic heterocycles. The molecule has 61 heavy (non-hydrogen) atoms. The fourth-order valence-corrected chi connectivity index (χ4v) is 5.72. The average molecular weight is 852 g/mol. The van der Waals surface area contributed by atoms with Crippen molar-refractivity contribution in [3.8, 4) is 0 Å². The number of likely N-dealkylation sites (N-methyl/N-ethyl adjacent to an activating group) is 1. The molecule has 2 atom stereocenters. The van der Waals surface area contributed by atoms with Crippen molar-refractivity contribution in [2.45, 2.75) is 167 Å². The van der Waals surface area contributed by atoms with Gasteiger partial charge in [0.25, 0.3) is 0 Å². The van der Waals surface area contributed by atoms with Gasteiger partial charge >= 0.3 is 11.9 Å². The lowest BCUT2D eigenvalue weighted by atomic mass is 10.1. The number of carboxylic acid groups (broad SMARTS) is 1. The minimum absolute atomic E-state index is 0.137. The standard InChI is InChI=1S/C52H85NO8/c1-6-8-10-12-14-15-16-17-18-19-20-21-22-23-24-25-26-27-28-29-30-31-32-33-34-35-37-39-41-43-50(55)61-48(46-59-49(54)42-40-38-36-13-11-9-7-2)47-60-52(51(56)57)58-45-44-53(3,4)5/h8,10,14-15,17-18,20-21,23-24,26-27,29-30,32-33,48,52H,6-7,9,11-13,16,19,22,25,28,31,34-47H2,1-5H3/b10-8-,15-14-,18-17-,21-20-,24-23-,27-26-,30-29-,33-32-. The van der Waals surface area contributed by atoms with Crippen LogP contribution in [0, 0.1) is 0 Å². The van der Waals surface area contributed by atoms with E-state index in [1.807, 2.05) is 21.1 Å². The van der Waals surface area contributed by atoms with Crippen LogP contribution in [0.1, 0.15) is 155 Å². The third kappa shape index (κ3) is 44.1. The molecule has 0 aromatic carbocycles. The highest BCUT2D eigenvalue weighted by atomic mass is 16.7. The van der Waals surface area contributed by atoms with Gasteiger partial charge in [-0.2, -0.15) is 0 Å². The van der Waals surface area contributed by atoms with Gasteiger partial charge in [-0.25, -0.2) is 0 Å². The molecule has 0 rings (SSSR count). The number of allylic oxidation sites excluding steroid dienone is 16. The maximum atomic E-state index is 12.7. The number of carboxylic acids is 1. The van der Waals surface area contributed by atoms with Gasteiger partial charge in [0.15, 0.2) is 12.4 Å². The molecule has 9 nitrogen and oxygen atoms in total. The zero-order valence-electron chi connectivity index (χ0n) is 39.0. The van der Waals surface area contributed by atoms with E-state index in [-0.39, 0.29) is 38.6 Å². The Morgan fingerprint density at radius 2 is 0.934 bits per heavy atom. The summed E-state index contributed by atoms with van der Waals surface area (Å²) in [7, 11) is 5.88. The van der Waals surface area contributed by atoms with Gasteiger partial charge in [-0.05, 0) is 77.0 Å². The van der Waals surface area contributed by atoms with Gasteiger partial charge in [0.2, 0.25) is 0 Å². The molecule has 0 N–H and O–H groups in total. The highest BCUT2D eigenvalue weighted by Gasteiger charge is 2.21. The largest absolute Gasteiger partial charge is 0.545 e. The summed E-state index contributed by atoms with van der Waals surface area (Å²) >= 11 is 0. The number of quaternary nitrogens is 1. The van der Waals surface area contributed by atoms with E-state index in [4.69, 9.17) is 18.9 Å². The summed E-state index contributed by atoms with van der Waals surface area (Å²) < 4.78 is 22.4. The molecule has 0 aliphatic heterocycles. The fourth-order valence-electron chi connectivity index (χ4n) is 5.72. The molecule has 0 saturated heterocycles. The number of ether oxygens (including phenoxy) is 4. The molecule has 0 aromatic rings. The lowest BCUT2D eigenvalue weighted by Gasteiger charge is -2.26. The normalized spacial score (nSPS) is 13.8. The number of unbranched alkanes of at least 4 members (excludes halogenated alkanes) is 10. The maximum absolute atomic E-state index is 12.7. The number of hydrogen-bond donors (Lipinski definition) is 0. The van der Waals surface area contributed by atoms with Crippen molar-refractivity contribution in [2.24, 2.45) is 0 Å². The Morgan fingerprint density at radius 3 is 1.39 bits per heavy atom. The van der Waals surface area contributed by atoms with E-state index in [0.29, 0.717) is 17.4 Å². The first-order valence-corrected chi connectivity index (χ1v) is 23.4. The molecule has 0 fully saturated rings. The monoisotopic (exact) mass is 852 g/mol. The summed E-state index contributed by atoms with van der Waals surface area (Å²) in [5, 5.41) is 11.7. The van der Waals surface area contributed by atoms with Crippen molar-refractivity contribution in [2.75, 3.05) is 47.5 Å². The minimum atomic E-state index is -1.63. The number of aliphatic carboxylic acids is 1.